The van der Waals surface area contributed by atoms with Gasteiger partial charge in [0.15, 0.2) is 0 Å². The van der Waals surface area contributed by atoms with Crippen molar-refractivity contribution in [3.8, 4) is 0 Å². The molecule has 20 heavy (non-hydrogen) atoms. The van der Waals surface area contributed by atoms with E-state index in [9.17, 15) is 9.59 Å². The average Bonchev–Trinajstić information content (AvgIpc) is 2.70. The van der Waals surface area contributed by atoms with E-state index in [-0.39, 0.29) is 11.8 Å². The number of carbonyl (C=O) groups excluding carboxylic acids is 2. The Bertz CT molecular complexity index is 497. The molecule has 0 fully saturated rings. The molecule has 112 valence electrons. The van der Waals surface area contributed by atoms with Crippen molar-refractivity contribution in [2.45, 2.75) is 33.6 Å². The van der Waals surface area contributed by atoms with Crippen molar-refractivity contribution in [1.29, 1.82) is 0 Å². The predicted octanol–water partition coefficient (Wildman–Crippen LogP) is 2.47. The Hall–Kier alpha value is -1.40. The van der Waals surface area contributed by atoms with Crippen LogP contribution in [0.5, 0.6) is 0 Å². The molecule has 0 aliphatic carbocycles. The summed E-state index contributed by atoms with van der Waals surface area (Å²) in [5.74, 6) is -0.795. The van der Waals surface area contributed by atoms with E-state index in [2.05, 4.69) is 5.32 Å². The van der Waals surface area contributed by atoms with Crippen molar-refractivity contribution in [3.05, 3.63) is 16.0 Å². The highest BCUT2D eigenvalue weighted by Gasteiger charge is 2.23. The highest BCUT2D eigenvalue weighted by molar-refractivity contribution is 7.16. The van der Waals surface area contributed by atoms with Crippen LogP contribution in [0.2, 0.25) is 0 Å². The summed E-state index contributed by atoms with van der Waals surface area (Å²) in [6, 6.07) is 0. The molecule has 0 saturated carbocycles. The number of hydrogen-bond donors (Lipinski definition) is 2. The molecule has 1 amide bonds. The molecule has 0 aromatic carbocycles. The Morgan fingerprint density at radius 3 is 2.55 bits per heavy atom. The van der Waals surface area contributed by atoms with Crippen molar-refractivity contribution >= 4 is 28.2 Å². The minimum absolute atomic E-state index is 0.138. The highest BCUT2D eigenvalue weighted by atomic mass is 32.1. The van der Waals surface area contributed by atoms with Gasteiger partial charge in [-0.15, -0.1) is 11.3 Å². The molecule has 0 saturated heterocycles. The van der Waals surface area contributed by atoms with Gasteiger partial charge in [0.2, 0.25) is 5.91 Å². The molecule has 1 aromatic heterocycles. The Kier molecular flexibility index (Phi) is 6.16. The van der Waals surface area contributed by atoms with Crippen molar-refractivity contribution in [1.82, 2.24) is 0 Å². The Morgan fingerprint density at radius 1 is 1.40 bits per heavy atom. The zero-order valence-corrected chi connectivity index (χ0v) is 13.2. The van der Waals surface area contributed by atoms with Gasteiger partial charge in [-0.25, -0.2) is 4.79 Å². The van der Waals surface area contributed by atoms with Crippen LogP contribution in [0.15, 0.2) is 0 Å². The van der Waals surface area contributed by atoms with E-state index < -0.39 is 5.97 Å². The van der Waals surface area contributed by atoms with Gasteiger partial charge in [0.05, 0.1) is 18.6 Å². The lowest BCUT2D eigenvalue weighted by Crippen LogP contribution is -2.29. The number of esters is 1. The van der Waals surface area contributed by atoms with Gasteiger partial charge in [-0.05, 0) is 25.8 Å². The minimum atomic E-state index is -0.429. The van der Waals surface area contributed by atoms with Crippen molar-refractivity contribution in [2.24, 2.45) is 11.7 Å². The molecule has 5 nitrogen and oxygen atoms in total. The van der Waals surface area contributed by atoms with E-state index in [1.165, 1.54) is 18.4 Å². The lowest BCUT2D eigenvalue weighted by Gasteiger charge is -2.13. The summed E-state index contributed by atoms with van der Waals surface area (Å²) in [5, 5.41) is 3.37. The third-order valence-electron chi connectivity index (χ3n) is 3.30. The van der Waals surface area contributed by atoms with Crippen molar-refractivity contribution in [3.63, 3.8) is 0 Å². The first kappa shape index (κ1) is 16.7. The monoisotopic (exact) mass is 298 g/mol. The van der Waals surface area contributed by atoms with Crippen LogP contribution in [0.1, 0.15) is 40.6 Å². The van der Waals surface area contributed by atoms with Crippen LogP contribution in [0.3, 0.4) is 0 Å². The molecule has 1 rings (SSSR count). The Labute approximate surface area is 123 Å². The van der Waals surface area contributed by atoms with Gasteiger partial charge in [-0.2, -0.15) is 0 Å². The molecular formula is C14H22N2O3S. The molecular weight excluding hydrogens is 276 g/mol. The largest absolute Gasteiger partial charge is 0.465 e. The summed E-state index contributed by atoms with van der Waals surface area (Å²) in [6.45, 7) is 6.07. The molecule has 0 radical (unpaired) electrons. The summed E-state index contributed by atoms with van der Waals surface area (Å²) >= 11 is 1.39. The fraction of sp³-hybridized carbons (Fsp3) is 0.571. The maximum absolute atomic E-state index is 12.2. The Morgan fingerprint density at radius 2 is 2.05 bits per heavy atom. The fourth-order valence-corrected chi connectivity index (χ4v) is 3.03. The van der Waals surface area contributed by atoms with Gasteiger partial charge in [0.1, 0.15) is 5.00 Å². The quantitative estimate of drug-likeness (QED) is 0.790. The summed E-state index contributed by atoms with van der Waals surface area (Å²) in [4.78, 5) is 25.0. The number of rotatable bonds is 6. The summed E-state index contributed by atoms with van der Waals surface area (Å²) < 4.78 is 4.78. The van der Waals surface area contributed by atoms with Crippen LogP contribution in [0.25, 0.3) is 0 Å². The summed E-state index contributed by atoms with van der Waals surface area (Å²) in [5.41, 5.74) is 6.91. The second kappa shape index (κ2) is 7.40. The second-order valence-corrected chi connectivity index (χ2v) is 5.91. The van der Waals surface area contributed by atoms with E-state index in [0.29, 0.717) is 17.1 Å². The number of amides is 1. The van der Waals surface area contributed by atoms with Gasteiger partial charge in [-0.3, -0.25) is 4.79 Å². The summed E-state index contributed by atoms with van der Waals surface area (Å²) in [7, 11) is 1.33. The van der Waals surface area contributed by atoms with E-state index in [4.69, 9.17) is 10.5 Å². The number of nitrogens with two attached hydrogens (primary N) is 1. The van der Waals surface area contributed by atoms with Gasteiger partial charge in [-0.1, -0.05) is 13.3 Å². The van der Waals surface area contributed by atoms with Gasteiger partial charge >= 0.3 is 5.97 Å². The molecule has 1 unspecified atom stereocenters. The Balaban J connectivity index is 3.00. The van der Waals surface area contributed by atoms with E-state index in [1.807, 2.05) is 20.8 Å². The average molecular weight is 298 g/mol. The highest BCUT2D eigenvalue weighted by Crippen LogP contribution is 2.33. The number of nitrogens with one attached hydrogen (secondary N) is 1. The van der Waals surface area contributed by atoms with Crippen LogP contribution < -0.4 is 11.1 Å². The molecule has 0 aliphatic rings. The zero-order valence-electron chi connectivity index (χ0n) is 12.4. The third-order valence-corrected chi connectivity index (χ3v) is 4.43. The second-order valence-electron chi connectivity index (χ2n) is 4.69. The molecule has 1 heterocycles. The topological polar surface area (TPSA) is 81.4 Å². The smallest absolute Gasteiger partial charge is 0.341 e. The van der Waals surface area contributed by atoms with Crippen molar-refractivity contribution < 1.29 is 14.3 Å². The standard InChI is InChI=1S/C14H22N2O3S/c1-5-6-10(7-15)12(17)16-13-11(14(18)19-4)8(2)9(3)20-13/h10H,5-7,15H2,1-4H3,(H,16,17). The fourth-order valence-electron chi connectivity index (χ4n) is 1.98. The van der Waals surface area contributed by atoms with Crippen LogP contribution in [-0.4, -0.2) is 25.5 Å². The molecule has 0 aliphatic heterocycles. The lowest BCUT2D eigenvalue weighted by molar-refractivity contribution is -0.119. The molecule has 0 spiro atoms. The minimum Gasteiger partial charge on any atom is -0.465 e. The third kappa shape index (κ3) is 3.58. The van der Waals surface area contributed by atoms with Gasteiger partial charge in [0.25, 0.3) is 0 Å². The van der Waals surface area contributed by atoms with Gasteiger partial charge in [0, 0.05) is 11.4 Å². The first-order chi connectivity index (χ1) is 9.46. The normalized spacial score (nSPS) is 12.1. The van der Waals surface area contributed by atoms with Crippen LogP contribution in [0, 0.1) is 19.8 Å². The van der Waals surface area contributed by atoms with Gasteiger partial charge < -0.3 is 15.8 Å². The first-order valence-electron chi connectivity index (χ1n) is 6.65. The number of hydrogen-bond acceptors (Lipinski definition) is 5. The molecule has 3 N–H and O–H groups in total. The maximum Gasteiger partial charge on any atom is 0.341 e. The number of aryl methyl sites for hydroxylation is 1. The molecule has 1 aromatic rings. The van der Waals surface area contributed by atoms with E-state index in [1.54, 1.807) is 0 Å². The summed E-state index contributed by atoms with van der Waals surface area (Å²) in [6.07, 6.45) is 1.63. The number of methoxy groups -OCH3 is 1. The molecule has 1 atom stereocenters. The van der Waals surface area contributed by atoms with Crippen LogP contribution in [0.4, 0.5) is 5.00 Å². The SMILES string of the molecule is CCCC(CN)C(=O)Nc1sc(C)c(C)c1C(=O)OC. The number of thiophene rings is 1. The van der Waals surface area contributed by atoms with E-state index in [0.717, 1.165) is 23.3 Å². The zero-order chi connectivity index (χ0) is 15.3. The van der Waals surface area contributed by atoms with E-state index >= 15 is 0 Å². The maximum atomic E-state index is 12.2. The predicted molar refractivity (Wildman–Crippen MR) is 81.2 cm³/mol. The van der Waals surface area contributed by atoms with Crippen LogP contribution in [-0.2, 0) is 9.53 Å². The first-order valence-corrected chi connectivity index (χ1v) is 7.47. The number of ether oxygens (including phenoxy) is 1. The number of carbonyl (C=O) groups is 2. The lowest BCUT2D eigenvalue weighted by atomic mass is 10.0. The molecule has 6 heteroatoms. The van der Waals surface area contributed by atoms with Crippen LogP contribution >= 0.6 is 11.3 Å². The van der Waals surface area contributed by atoms with Crippen molar-refractivity contribution in [2.75, 3.05) is 19.0 Å². The molecule has 0 bridgehead atoms. The number of anilines is 1.